The molecule has 1 rings (SSSR count). The molecule has 1 aliphatic heterocycles. The van der Waals surface area contributed by atoms with Crippen LogP contribution in [-0.2, 0) is 4.79 Å². The number of nitrogens with one attached hydrogen (secondary N) is 1. The van der Waals surface area contributed by atoms with Crippen molar-refractivity contribution < 1.29 is 18.0 Å². The predicted octanol–water partition coefficient (Wildman–Crippen LogP) is 2.34. The van der Waals surface area contributed by atoms with Gasteiger partial charge in [0.1, 0.15) is 0 Å². The Morgan fingerprint density at radius 1 is 1.37 bits per heavy atom. The molecule has 0 aromatic carbocycles. The first kappa shape index (κ1) is 16.0. The summed E-state index contributed by atoms with van der Waals surface area (Å²) in [6, 6.07) is 0. The zero-order valence-corrected chi connectivity index (χ0v) is 11.6. The van der Waals surface area contributed by atoms with Gasteiger partial charge in [0.2, 0.25) is 5.91 Å². The van der Waals surface area contributed by atoms with Crippen LogP contribution in [0.1, 0.15) is 27.2 Å². The standard InChI is InChI=1S/C13H21F3N2O/c1-12(2,3)10-4-6-18(7-5-10)11(19)8-17-9-13(14,15)16/h4,17H,5-9H2,1-3H3. The molecule has 0 bridgehead atoms. The lowest BCUT2D eigenvalue weighted by Gasteiger charge is -2.32. The van der Waals surface area contributed by atoms with Crippen molar-refractivity contribution in [3.8, 4) is 0 Å². The molecule has 1 aliphatic rings. The van der Waals surface area contributed by atoms with Gasteiger partial charge in [0, 0.05) is 13.1 Å². The molecule has 1 heterocycles. The van der Waals surface area contributed by atoms with Crippen LogP contribution < -0.4 is 5.32 Å². The van der Waals surface area contributed by atoms with Gasteiger partial charge in [-0.1, -0.05) is 32.4 Å². The third-order valence-corrected chi connectivity index (χ3v) is 3.13. The second kappa shape index (κ2) is 5.94. The number of rotatable bonds is 3. The topological polar surface area (TPSA) is 32.3 Å². The van der Waals surface area contributed by atoms with Crippen molar-refractivity contribution in [2.45, 2.75) is 33.4 Å². The molecule has 1 amide bonds. The molecule has 0 aliphatic carbocycles. The normalized spacial score (nSPS) is 17.4. The van der Waals surface area contributed by atoms with E-state index in [0.717, 1.165) is 6.42 Å². The molecule has 0 saturated heterocycles. The lowest BCUT2D eigenvalue weighted by atomic mass is 9.83. The maximum Gasteiger partial charge on any atom is 0.401 e. The van der Waals surface area contributed by atoms with E-state index < -0.39 is 12.7 Å². The predicted molar refractivity (Wildman–Crippen MR) is 67.7 cm³/mol. The molecule has 0 radical (unpaired) electrons. The van der Waals surface area contributed by atoms with Crippen LogP contribution in [0.2, 0.25) is 0 Å². The van der Waals surface area contributed by atoms with Gasteiger partial charge in [0.05, 0.1) is 13.1 Å². The number of carbonyl (C=O) groups excluding carboxylic acids is 1. The van der Waals surface area contributed by atoms with Gasteiger partial charge in [0.15, 0.2) is 0 Å². The zero-order valence-electron chi connectivity index (χ0n) is 11.6. The highest BCUT2D eigenvalue weighted by Gasteiger charge is 2.28. The van der Waals surface area contributed by atoms with E-state index >= 15 is 0 Å². The Labute approximate surface area is 111 Å². The van der Waals surface area contributed by atoms with Crippen LogP contribution >= 0.6 is 0 Å². The summed E-state index contributed by atoms with van der Waals surface area (Å²) >= 11 is 0. The quantitative estimate of drug-likeness (QED) is 0.804. The van der Waals surface area contributed by atoms with E-state index in [1.54, 1.807) is 4.90 Å². The number of hydrogen-bond donors (Lipinski definition) is 1. The Morgan fingerprint density at radius 3 is 2.42 bits per heavy atom. The van der Waals surface area contributed by atoms with Gasteiger partial charge in [-0.3, -0.25) is 4.79 Å². The monoisotopic (exact) mass is 278 g/mol. The molecule has 110 valence electrons. The van der Waals surface area contributed by atoms with Crippen molar-refractivity contribution in [2.24, 2.45) is 5.41 Å². The maximum atomic E-state index is 11.9. The maximum absolute atomic E-state index is 11.9. The fourth-order valence-electron chi connectivity index (χ4n) is 2.00. The number of halogens is 3. The van der Waals surface area contributed by atoms with Crippen LogP contribution in [-0.4, -0.2) is 43.2 Å². The summed E-state index contributed by atoms with van der Waals surface area (Å²) < 4.78 is 35.8. The van der Waals surface area contributed by atoms with E-state index in [2.05, 4.69) is 26.1 Å². The number of amides is 1. The molecule has 19 heavy (non-hydrogen) atoms. The van der Waals surface area contributed by atoms with Crippen LogP contribution in [0.4, 0.5) is 13.2 Å². The fraction of sp³-hybridized carbons (Fsp3) is 0.769. The molecule has 0 atom stereocenters. The Hall–Kier alpha value is -1.04. The average Bonchev–Trinajstić information content (AvgIpc) is 2.26. The van der Waals surface area contributed by atoms with Gasteiger partial charge in [-0.05, 0) is 11.8 Å². The highest BCUT2D eigenvalue weighted by atomic mass is 19.4. The van der Waals surface area contributed by atoms with Gasteiger partial charge >= 0.3 is 6.18 Å². The third-order valence-electron chi connectivity index (χ3n) is 3.13. The van der Waals surface area contributed by atoms with Gasteiger partial charge < -0.3 is 10.2 Å². The summed E-state index contributed by atoms with van der Waals surface area (Å²) in [5, 5.41) is 2.13. The van der Waals surface area contributed by atoms with Crippen LogP contribution in [0.15, 0.2) is 11.6 Å². The first-order valence-corrected chi connectivity index (χ1v) is 6.34. The van der Waals surface area contributed by atoms with E-state index in [9.17, 15) is 18.0 Å². The van der Waals surface area contributed by atoms with E-state index in [-0.39, 0.29) is 17.9 Å². The van der Waals surface area contributed by atoms with Crippen molar-refractivity contribution in [1.82, 2.24) is 10.2 Å². The summed E-state index contributed by atoms with van der Waals surface area (Å²) in [7, 11) is 0. The minimum atomic E-state index is -4.28. The number of nitrogens with zero attached hydrogens (tertiary/aromatic N) is 1. The summed E-state index contributed by atoms with van der Waals surface area (Å²) in [5.41, 5.74) is 1.38. The third kappa shape index (κ3) is 5.63. The van der Waals surface area contributed by atoms with E-state index in [1.807, 2.05) is 6.08 Å². The van der Waals surface area contributed by atoms with Gasteiger partial charge in [-0.15, -0.1) is 0 Å². The second-order valence-electron chi connectivity index (χ2n) is 5.79. The van der Waals surface area contributed by atoms with Crippen LogP contribution in [0.3, 0.4) is 0 Å². The Bertz CT molecular complexity index is 356. The minimum Gasteiger partial charge on any atom is -0.338 e. The zero-order chi connectivity index (χ0) is 14.7. The summed E-state index contributed by atoms with van der Waals surface area (Å²) in [5.74, 6) is -0.284. The van der Waals surface area contributed by atoms with E-state index in [0.29, 0.717) is 13.1 Å². The summed E-state index contributed by atoms with van der Waals surface area (Å²) in [4.78, 5) is 13.3. The molecule has 6 heteroatoms. The Morgan fingerprint density at radius 2 is 2.00 bits per heavy atom. The number of hydrogen-bond acceptors (Lipinski definition) is 2. The second-order valence-corrected chi connectivity index (χ2v) is 5.79. The lowest BCUT2D eigenvalue weighted by molar-refractivity contribution is -0.134. The minimum absolute atomic E-state index is 0.0870. The molecular formula is C13H21F3N2O. The Kier molecular flexibility index (Phi) is 5.01. The van der Waals surface area contributed by atoms with Crippen molar-refractivity contribution in [1.29, 1.82) is 0 Å². The highest BCUT2D eigenvalue weighted by Crippen LogP contribution is 2.29. The van der Waals surface area contributed by atoms with E-state index in [1.165, 1.54) is 5.57 Å². The molecule has 0 saturated carbocycles. The molecule has 0 spiro atoms. The molecule has 1 N–H and O–H groups in total. The smallest absolute Gasteiger partial charge is 0.338 e. The molecule has 0 unspecified atom stereocenters. The van der Waals surface area contributed by atoms with Crippen LogP contribution in [0.25, 0.3) is 0 Å². The first-order valence-electron chi connectivity index (χ1n) is 6.34. The molecule has 0 aromatic rings. The fourth-order valence-corrected chi connectivity index (χ4v) is 2.00. The molecule has 0 aromatic heterocycles. The van der Waals surface area contributed by atoms with Crippen molar-refractivity contribution in [3.63, 3.8) is 0 Å². The van der Waals surface area contributed by atoms with Crippen molar-refractivity contribution in [3.05, 3.63) is 11.6 Å². The number of carbonyl (C=O) groups is 1. The molecule has 3 nitrogen and oxygen atoms in total. The lowest BCUT2D eigenvalue weighted by Crippen LogP contribution is -2.43. The number of alkyl halides is 3. The summed E-state index contributed by atoms with van der Waals surface area (Å²) in [6.45, 7) is 6.01. The van der Waals surface area contributed by atoms with Gasteiger partial charge in [-0.2, -0.15) is 13.2 Å². The van der Waals surface area contributed by atoms with Crippen LogP contribution in [0.5, 0.6) is 0 Å². The first-order chi connectivity index (χ1) is 8.59. The van der Waals surface area contributed by atoms with Crippen molar-refractivity contribution >= 4 is 5.91 Å². The van der Waals surface area contributed by atoms with Gasteiger partial charge in [-0.25, -0.2) is 0 Å². The average molecular weight is 278 g/mol. The highest BCUT2D eigenvalue weighted by molar-refractivity contribution is 5.78. The SMILES string of the molecule is CC(C)(C)C1=CCN(C(=O)CNCC(F)(F)F)CC1. The Balaban J connectivity index is 2.39. The van der Waals surface area contributed by atoms with Crippen LogP contribution in [0, 0.1) is 5.41 Å². The molecular weight excluding hydrogens is 257 g/mol. The van der Waals surface area contributed by atoms with E-state index in [4.69, 9.17) is 0 Å². The van der Waals surface area contributed by atoms with Gasteiger partial charge in [0.25, 0.3) is 0 Å². The summed E-state index contributed by atoms with van der Waals surface area (Å²) in [6.07, 6.45) is -1.48. The molecule has 0 fully saturated rings. The van der Waals surface area contributed by atoms with Crippen molar-refractivity contribution in [2.75, 3.05) is 26.2 Å². The largest absolute Gasteiger partial charge is 0.401 e.